The Morgan fingerprint density at radius 2 is 2.11 bits per heavy atom. The number of amides is 1. The Labute approximate surface area is 118 Å². The van der Waals surface area contributed by atoms with Crippen LogP contribution in [0, 0.1) is 6.92 Å². The lowest BCUT2D eigenvalue weighted by molar-refractivity contribution is 0.102. The van der Waals surface area contributed by atoms with Crippen LogP contribution in [0.4, 0.5) is 5.82 Å². The minimum absolute atomic E-state index is 0.205. The molecule has 0 aliphatic heterocycles. The average molecular weight is 326 g/mol. The van der Waals surface area contributed by atoms with E-state index in [2.05, 4.69) is 26.2 Å². The van der Waals surface area contributed by atoms with Crippen molar-refractivity contribution in [2.75, 3.05) is 5.32 Å². The summed E-state index contributed by atoms with van der Waals surface area (Å²) in [5, 5.41) is 3.06. The Balaban J connectivity index is 2.24. The lowest BCUT2D eigenvalue weighted by atomic mass is 10.1. The maximum atomic E-state index is 12.1. The molecule has 18 heavy (non-hydrogen) atoms. The van der Waals surface area contributed by atoms with Crippen LogP contribution in [0.15, 0.2) is 40.9 Å². The summed E-state index contributed by atoms with van der Waals surface area (Å²) in [6.07, 6.45) is 0. The number of hydrogen-bond donors (Lipinski definition) is 1. The smallest absolute Gasteiger partial charge is 0.257 e. The SMILES string of the molecule is Cc1ccc(Br)cc1C(=O)Nc1cccc(Cl)n1. The van der Waals surface area contributed by atoms with E-state index in [1.54, 1.807) is 24.3 Å². The number of nitrogens with one attached hydrogen (secondary N) is 1. The number of benzene rings is 1. The molecule has 1 aromatic heterocycles. The predicted octanol–water partition coefficient (Wildman–Crippen LogP) is 4.06. The van der Waals surface area contributed by atoms with E-state index < -0.39 is 0 Å². The molecule has 0 aliphatic carbocycles. The Hall–Kier alpha value is -1.39. The molecule has 0 aliphatic rings. The van der Waals surface area contributed by atoms with E-state index in [4.69, 9.17) is 11.6 Å². The quantitative estimate of drug-likeness (QED) is 0.846. The van der Waals surface area contributed by atoms with Crippen LogP contribution >= 0.6 is 27.5 Å². The summed E-state index contributed by atoms with van der Waals surface area (Å²) in [7, 11) is 0. The number of pyridine rings is 1. The lowest BCUT2D eigenvalue weighted by Gasteiger charge is -2.07. The molecule has 1 heterocycles. The van der Waals surface area contributed by atoms with Crippen LogP contribution in [0.5, 0.6) is 0 Å². The van der Waals surface area contributed by atoms with Gasteiger partial charge in [-0.1, -0.05) is 39.7 Å². The molecule has 2 rings (SSSR count). The van der Waals surface area contributed by atoms with Gasteiger partial charge in [0.15, 0.2) is 0 Å². The normalized spacial score (nSPS) is 10.2. The van der Waals surface area contributed by atoms with Crippen LogP contribution < -0.4 is 5.32 Å². The summed E-state index contributed by atoms with van der Waals surface area (Å²) in [6.45, 7) is 1.88. The molecule has 0 saturated carbocycles. The number of halogens is 2. The second-order valence-corrected chi connectivity index (χ2v) is 5.06. The summed E-state index contributed by atoms with van der Waals surface area (Å²) in [4.78, 5) is 16.1. The monoisotopic (exact) mass is 324 g/mol. The summed E-state index contributed by atoms with van der Waals surface area (Å²) in [5.74, 6) is 0.232. The van der Waals surface area contributed by atoms with Crippen LogP contribution in [-0.4, -0.2) is 10.9 Å². The molecule has 0 bridgehead atoms. The molecule has 3 nitrogen and oxygen atoms in total. The Morgan fingerprint density at radius 1 is 1.33 bits per heavy atom. The number of aryl methyl sites for hydroxylation is 1. The van der Waals surface area contributed by atoms with E-state index in [1.165, 1.54) is 0 Å². The fraction of sp³-hybridized carbons (Fsp3) is 0.0769. The van der Waals surface area contributed by atoms with Gasteiger partial charge in [0.2, 0.25) is 0 Å². The number of nitrogens with zero attached hydrogens (tertiary/aromatic N) is 1. The molecular formula is C13H10BrClN2O. The number of rotatable bonds is 2. The second kappa shape index (κ2) is 5.50. The zero-order valence-electron chi connectivity index (χ0n) is 9.58. The van der Waals surface area contributed by atoms with Gasteiger partial charge < -0.3 is 5.32 Å². The predicted molar refractivity (Wildman–Crippen MR) is 76.1 cm³/mol. The lowest BCUT2D eigenvalue weighted by Crippen LogP contribution is -2.14. The van der Waals surface area contributed by atoms with Gasteiger partial charge in [0, 0.05) is 10.0 Å². The fourth-order valence-electron chi connectivity index (χ4n) is 1.50. The van der Waals surface area contributed by atoms with Gasteiger partial charge in [-0.25, -0.2) is 4.98 Å². The van der Waals surface area contributed by atoms with Gasteiger partial charge >= 0.3 is 0 Å². The zero-order valence-corrected chi connectivity index (χ0v) is 11.9. The topological polar surface area (TPSA) is 42.0 Å². The first-order valence-electron chi connectivity index (χ1n) is 5.26. The minimum Gasteiger partial charge on any atom is -0.307 e. The van der Waals surface area contributed by atoms with Gasteiger partial charge in [-0.2, -0.15) is 0 Å². The van der Waals surface area contributed by atoms with E-state index in [1.807, 2.05) is 19.1 Å². The first kappa shape index (κ1) is 13.1. The van der Waals surface area contributed by atoms with Crippen molar-refractivity contribution in [2.45, 2.75) is 6.92 Å². The highest BCUT2D eigenvalue weighted by molar-refractivity contribution is 9.10. The first-order chi connectivity index (χ1) is 8.56. The summed E-state index contributed by atoms with van der Waals surface area (Å²) in [5.41, 5.74) is 1.50. The Kier molecular flexibility index (Phi) is 3.99. The maximum absolute atomic E-state index is 12.1. The van der Waals surface area contributed by atoms with E-state index in [0.29, 0.717) is 16.5 Å². The van der Waals surface area contributed by atoms with Crippen molar-refractivity contribution in [1.29, 1.82) is 0 Å². The molecule has 1 amide bonds. The number of aromatic nitrogens is 1. The molecule has 0 fully saturated rings. The Morgan fingerprint density at radius 3 is 2.83 bits per heavy atom. The third-order valence-corrected chi connectivity index (χ3v) is 3.10. The van der Waals surface area contributed by atoms with Crippen molar-refractivity contribution < 1.29 is 4.79 Å². The van der Waals surface area contributed by atoms with Crippen LogP contribution in [0.1, 0.15) is 15.9 Å². The van der Waals surface area contributed by atoms with Gasteiger partial charge in [-0.15, -0.1) is 0 Å². The van der Waals surface area contributed by atoms with E-state index >= 15 is 0 Å². The number of anilines is 1. The molecule has 2 aromatic rings. The van der Waals surface area contributed by atoms with Gasteiger partial charge in [0.25, 0.3) is 5.91 Å². The van der Waals surface area contributed by atoms with E-state index in [0.717, 1.165) is 10.0 Å². The standard InChI is InChI=1S/C13H10BrClN2O/c1-8-5-6-9(14)7-10(8)13(18)17-12-4-2-3-11(15)16-12/h2-7H,1H3,(H,16,17,18). The van der Waals surface area contributed by atoms with Gasteiger partial charge in [-0.3, -0.25) is 4.79 Å². The van der Waals surface area contributed by atoms with E-state index in [-0.39, 0.29) is 5.91 Å². The molecule has 0 atom stereocenters. The highest BCUT2D eigenvalue weighted by Crippen LogP contribution is 2.17. The number of carbonyl (C=O) groups excluding carboxylic acids is 1. The van der Waals surface area contributed by atoms with Gasteiger partial charge in [0.05, 0.1) is 0 Å². The molecule has 5 heteroatoms. The molecule has 0 unspecified atom stereocenters. The summed E-state index contributed by atoms with van der Waals surface area (Å²) < 4.78 is 0.859. The highest BCUT2D eigenvalue weighted by atomic mass is 79.9. The number of carbonyl (C=O) groups is 1. The van der Waals surface area contributed by atoms with Crippen molar-refractivity contribution in [1.82, 2.24) is 4.98 Å². The first-order valence-corrected chi connectivity index (χ1v) is 6.43. The van der Waals surface area contributed by atoms with Gasteiger partial charge in [-0.05, 0) is 36.8 Å². The Bertz CT molecular complexity index is 601. The van der Waals surface area contributed by atoms with Crippen molar-refractivity contribution in [2.24, 2.45) is 0 Å². The molecule has 1 aromatic carbocycles. The van der Waals surface area contributed by atoms with Crippen molar-refractivity contribution in [3.05, 3.63) is 57.2 Å². The summed E-state index contributed by atoms with van der Waals surface area (Å²) >= 11 is 9.11. The third-order valence-electron chi connectivity index (χ3n) is 2.40. The highest BCUT2D eigenvalue weighted by Gasteiger charge is 2.10. The molecular weight excluding hydrogens is 316 g/mol. The minimum atomic E-state index is -0.205. The molecule has 1 N–H and O–H groups in total. The third kappa shape index (κ3) is 3.09. The largest absolute Gasteiger partial charge is 0.307 e. The average Bonchev–Trinajstić information content (AvgIpc) is 2.32. The molecule has 0 spiro atoms. The van der Waals surface area contributed by atoms with E-state index in [9.17, 15) is 4.79 Å². The van der Waals surface area contributed by atoms with Gasteiger partial charge in [0.1, 0.15) is 11.0 Å². The molecule has 0 radical (unpaired) electrons. The summed E-state index contributed by atoms with van der Waals surface area (Å²) in [6, 6.07) is 10.6. The van der Waals surface area contributed by atoms with Crippen LogP contribution in [0.25, 0.3) is 0 Å². The van der Waals surface area contributed by atoms with Crippen molar-refractivity contribution in [3.63, 3.8) is 0 Å². The van der Waals surface area contributed by atoms with Crippen LogP contribution in [0.2, 0.25) is 5.15 Å². The van der Waals surface area contributed by atoms with Crippen LogP contribution in [0.3, 0.4) is 0 Å². The number of hydrogen-bond acceptors (Lipinski definition) is 2. The zero-order chi connectivity index (χ0) is 13.1. The van der Waals surface area contributed by atoms with Crippen LogP contribution in [-0.2, 0) is 0 Å². The molecule has 0 saturated heterocycles. The second-order valence-electron chi connectivity index (χ2n) is 3.76. The van der Waals surface area contributed by atoms with Crippen molar-refractivity contribution in [3.8, 4) is 0 Å². The maximum Gasteiger partial charge on any atom is 0.257 e. The molecule has 92 valence electrons. The van der Waals surface area contributed by atoms with Crippen molar-refractivity contribution >= 4 is 39.3 Å². The fourth-order valence-corrected chi connectivity index (χ4v) is 2.03.